The van der Waals surface area contributed by atoms with Crippen LogP contribution in [-0.4, -0.2) is 34.9 Å². The summed E-state index contributed by atoms with van der Waals surface area (Å²) >= 11 is 0. The van der Waals surface area contributed by atoms with Gasteiger partial charge in [-0.15, -0.1) is 0 Å². The van der Waals surface area contributed by atoms with Gasteiger partial charge in [-0.3, -0.25) is 14.4 Å². The van der Waals surface area contributed by atoms with Gasteiger partial charge in [-0.05, 0) is 62.5 Å². The third-order valence-electron chi connectivity index (χ3n) is 8.36. The third-order valence-corrected chi connectivity index (χ3v) is 8.36. The molecule has 4 aliphatic carbocycles. The molecule has 0 spiro atoms. The molecule has 156 valence electrons. The fourth-order valence-electron chi connectivity index (χ4n) is 6.74. The van der Waals surface area contributed by atoms with Crippen molar-refractivity contribution >= 4 is 17.5 Å². The molecule has 6 atom stereocenters. The van der Waals surface area contributed by atoms with Crippen LogP contribution in [-0.2, 0) is 19.1 Å². The van der Waals surface area contributed by atoms with Gasteiger partial charge in [0.1, 0.15) is 5.60 Å². The van der Waals surface area contributed by atoms with Crippen LogP contribution in [0.4, 0.5) is 0 Å². The summed E-state index contributed by atoms with van der Waals surface area (Å²) in [7, 11) is 0. The Bertz CT molecular complexity index is 880. The van der Waals surface area contributed by atoms with Crippen LogP contribution in [0.25, 0.3) is 0 Å². The van der Waals surface area contributed by atoms with E-state index in [1.807, 2.05) is 19.9 Å². The topological polar surface area (TPSA) is 80.7 Å². The maximum atomic E-state index is 13.0. The number of carbonyl (C=O) groups excluding carboxylic acids is 3. The molecule has 0 bridgehead atoms. The first-order chi connectivity index (χ1) is 13.5. The highest BCUT2D eigenvalue weighted by atomic mass is 16.5. The van der Waals surface area contributed by atoms with E-state index in [9.17, 15) is 19.5 Å². The number of ketones is 2. The van der Waals surface area contributed by atoms with Crippen molar-refractivity contribution in [3.63, 3.8) is 0 Å². The average Bonchev–Trinajstić information content (AvgIpc) is 2.88. The van der Waals surface area contributed by atoms with Crippen LogP contribution in [0.3, 0.4) is 0 Å². The molecule has 4 aliphatic rings. The Morgan fingerprint density at radius 1 is 1.31 bits per heavy atom. The summed E-state index contributed by atoms with van der Waals surface area (Å²) in [5.74, 6) is -0.621. The van der Waals surface area contributed by atoms with Crippen LogP contribution >= 0.6 is 0 Å². The molecule has 29 heavy (non-hydrogen) atoms. The number of carbonyl (C=O) groups is 3. The average molecular weight is 398 g/mol. The zero-order chi connectivity index (χ0) is 21.2. The van der Waals surface area contributed by atoms with E-state index < -0.39 is 22.8 Å². The summed E-state index contributed by atoms with van der Waals surface area (Å²) in [6.07, 6.45) is 10.8. The van der Waals surface area contributed by atoms with Gasteiger partial charge >= 0.3 is 5.97 Å². The highest BCUT2D eigenvalue weighted by Gasteiger charge is 2.67. The molecule has 0 heterocycles. The maximum Gasteiger partial charge on any atom is 0.303 e. The van der Waals surface area contributed by atoms with E-state index in [1.54, 1.807) is 12.2 Å². The molecule has 5 heteroatoms. The van der Waals surface area contributed by atoms with Crippen LogP contribution in [0.15, 0.2) is 35.5 Å². The Hall–Kier alpha value is -2.01. The SMILES string of the molecule is CC(=O)OCC(=O)[C@@]1(O)[C@@H](C)C[C@@H]2[C@H]3CCC4=CC(=O)C=C[C@@]4(C)C3=CC[C@]21C. The number of ether oxygens (including phenoxy) is 1. The fourth-order valence-corrected chi connectivity index (χ4v) is 6.74. The van der Waals surface area contributed by atoms with Crippen molar-refractivity contribution < 1.29 is 24.2 Å². The Morgan fingerprint density at radius 2 is 2.03 bits per heavy atom. The summed E-state index contributed by atoms with van der Waals surface area (Å²) in [6.45, 7) is 7.03. The lowest BCUT2D eigenvalue weighted by Gasteiger charge is -2.53. The molecule has 2 saturated carbocycles. The zero-order valence-corrected chi connectivity index (χ0v) is 17.7. The molecule has 5 nitrogen and oxygen atoms in total. The van der Waals surface area contributed by atoms with Gasteiger partial charge in [0, 0.05) is 17.8 Å². The van der Waals surface area contributed by atoms with Crippen molar-refractivity contribution in [2.45, 2.75) is 59.0 Å². The second kappa shape index (κ2) is 6.49. The smallest absolute Gasteiger partial charge is 0.303 e. The molecule has 2 fully saturated rings. The first kappa shape index (κ1) is 20.3. The summed E-state index contributed by atoms with van der Waals surface area (Å²) in [5, 5.41) is 11.7. The predicted octanol–water partition coefficient (Wildman–Crippen LogP) is 3.32. The highest BCUT2D eigenvalue weighted by molar-refractivity contribution is 6.01. The van der Waals surface area contributed by atoms with E-state index in [-0.39, 0.29) is 35.6 Å². The van der Waals surface area contributed by atoms with E-state index in [1.165, 1.54) is 18.1 Å². The Labute approximate surface area is 171 Å². The molecule has 0 radical (unpaired) electrons. The van der Waals surface area contributed by atoms with Gasteiger partial charge in [-0.1, -0.05) is 37.1 Å². The van der Waals surface area contributed by atoms with Crippen LogP contribution in [0.1, 0.15) is 53.4 Å². The summed E-state index contributed by atoms with van der Waals surface area (Å²) in [5.41, 5.74) is 0.145. The first-order valence-electron chi connectivity index (χ1n) is 10.6. The molecule has 0 amide bonds. The molecule has 1 N–H and O–H groups in total. The predicted molar refractivity (Wildman–Crippen MR) is 108 cm³/mol. The van der Waals surface area contributed by atoms with Crippen molar-refractivity contribution in [1.82, 2.24) is 0 Å². The van der Waals surface area contributed by atoms with Gasteiger partial charge in [-0.25, -0.2) is 0 Å². The van der Waals surface area contributed by atoms with E-state index in [4.69, 9.17) is 4.74 Å². The van der Waals surface area contributed by atoms with Gasteiger partial charge in [0.15, 0.2) is 12.4 Å². The standard InChI is InChI=1S/C24H30O5/c1-14-11-20-18-6-5-16-12-17(26)7-9-22(16,3)19(18)8-10-23(20,4)24(14,28)21(27)13-29-15(2)25/h7-9,12,14,18,20,28H,5-6,10-11,13H2,1-4H3/t14-,18-,20+,22+,23+,24-/m0/s1. The molecular formula is C24H30O5. The van der Waals surface area contributed by atoms with Crippen LogP contribution in [0, 0.1) is 28.6 Å². The molecule has 0 saturated heterocycles. The van der Waals surface area contributed by atoms with Crippen LogP contribution in [0.5, 0.6) is 0 Å². The number of Topliss-reactive ketones (excluding diaryl/α,β-unsaturated/α-hetero) is 1. The van der Waals surface area contributed by atoms with Gasteiger partial charge in [0.2, 0.25) is 5.78 Å². The van der Waals surface area contributed by atoms with Crippen molar-refractivity contribution in [3.8, 4) is 0 Å². The Morgan fingerprint density at radius 3 is 2.72 bits per heavy atom. The molecule has 0 aromatic rings. The highest BCUT2D eigenvalue weighted by Crippen LogP contribution is 2.66. The second-order valence-electron chi connectivity index (χ2n) is 9.75. The van der Waals surface area contributed by atoms with Crippen LogP contribution in [0.2, 0.25) is 0 Å². The van der Waals surface area contributed by atoms with Gasteiger partial charge in [0.05, 0.1) is 0 Å². The lowest BCUT2D eigenvalue weighted by molar-refractivity contribution is -0.167. The lowest BCUT2D eigenvalue weighted by atomic mass is 9.51. The number of hydrogen-bond acceptors (Lipinski definition) is 5. The molecule has 0 aromatic carbocycles. The molecular weight excluding hydrogens is 368 g/mol. The third kappa shape index (κ3) is 2.66. The Balaban J connectivity index is 1.71. The minimum absolute atomic E-state index is 0.0529. The number of aliphatic hydroxyl groups is 1. The van der Waals surface area contributed by atoms with E-state index in [2.05, 4.69) is 13.0 Å². The van der Waals surface area contributed by atoms with Gasteiger partial charge in [-0.2, -0.15) is 0 Å². The quantitative estimate of drug-likeness (QED) is 0.583. The monoisotopic (exact) mass is 398 g/mol. The Kier molecular flexibility index (Phi) is 4.54. The van der Waals surface area contributed by atoms with E-state index in [0.717, 1.165) is 19.3 Å². The first-order valence-corrected chi connectivity index (χ1v) is 10.6. The maximum absolute atomic E-state index is 13.0. The van der Waals surface area contributed by atoms with Crippen molar-refractivity contribution in [2.24, 2.45) is 28.6 Å². The molecule has 0 aliphatic heterocycles. The minimum atomic E-state index is -1.51. The number of allylic oxidation sites excluding steroid dienone is 6. The molecule has 4 rings (SSSR count). The van der Waals surface area contributed by atoms with Gasteiger partial charge < -0.3 is 9.84 Å². The summed E-state index contributed by atoms with van der Waals surface area (Å²) in [6, 6.07) is 0. The minimum Gasteiger partial charge on any atom is -0.458 e. The number of esters is 1. The summed E-state index contributed by atoms with van der Waals surface area (Å²) < 4.78 is 4.95. The normalized spacial score (nSPS) is 42.9. The van der Waals surface area contributed by atoms with E-state index >= 15 is 0 Å². The van der Waals surface area contributed by atoms with Crippen molar-refractivity contribution in [3.05, 3.63) is 35.5 Å². The fraction of sp³-hybridized carbons (Fsp3) is 0.625. The number of rotatable bonds is 3. The molecule has 0 aromatic heterocycles. The number of hydrogen-bond donors (Lipinski definition) is 1. The summed E-state index contributed by atoms with van der Waals surface area (Å²) in [4.78, 5) is 36.1. The van der Waals surface area contributed by atoms with Crippen molar-refractivity contribution in [1.29, 1.82) is 0 Å². The second-order valence-corrected chi connectivity index (χ2v) is 9.75. The van der Waals surface area contributed by atoms with Gasteiger partial charge in [0.25, 0.3) is 0 Å². The van der Waals surface area contributed by atoms with Crippen molar-refractivity contribution in [2.75, 3.05) is 6.61 Å². The zero-order valence-electron chi connectivity index (χ0n) is 17.7. The molecule has 0 unspecified atom stereocenters. The lowest BCUT2D eigenvalue weighted by Crippen LogP contribution is -2.57. The number of fused-ring (bicyclic) bond motifs is 5. The van der Waals surface area contributed by atoms with E-state index in [0.29, 0.717) is 6.42 Å². The van der Waals surface area contributed by atoms with Crippen LogP contribution < -0.4 is 0 Å². The largest absolute Gasteiger partial charge is 0.458 e.